The molecule has 0 aliphatic carbocycles. The van der Waals surface area contributed by atoms with E-state index in [0.29, 0.717) is 11.7 Å². The van der Waals surface area contributed by atoms with Crippen LogP contribution in [0.1, 0.15) is 12.0 Å². The number of thiocarbonyl (C=S) groups is 1. The number of methoxy groups -OCH3 is 1. The Bertz CT molecular complexity index is 662. The number of nitrogens with one attached hydrogen (secondary N) is 2. The quantitative estimate of drug-likeness (QED) is 0.619. The summed E-state index contributed by atoms with van der Waals surface area (Å²) in [6.07, 6.45) is 1.77. The van der Waals surface area contributed by atoms with Crippen LogP contribution in [0.25, 0.3) is 0 Å². The molecule has 6 heteroatoms. The zero-order chi connectivity index (χ0) is 16.7. The summed E-state index contributed by atoms with van der Waals surface area (Å²) in [6.45, 7) is 0.653. The second-order valence-electron chi connectivity index (χ2n) is 4.96. The van der Waals surface area contributed by atoms with Crippen molar-refractivity contribution in [2.24, 2.45) is 0 Å². The van der Waals surface area contributed by atoms with Crippen molar-refractivity contribution < 1.29 is 13.5 Å². The molecule has 0 atom stereocenters. The summed E-state index contributed by atoms with van der Waals surface area (Å²) >= 11 is 5.09. The van der Waals surface area contributed by atoms with Crippen molar-refractivity contribution in [3.8, 4) is 5.75 Å². The van der Waals surface area contributed by atoms with E-state index in [-0.39, 0.29) is 5.69 Å². The number of aryl methyl sites for hydroxylation is 1. The summed E-state index contributed by atoms with van der Waals surface area (Å²) in [5, 5.41) is 6.02. The van der Waals surface area contributed by atoms with Gasteiger partial charge in [0.25, 0.3) is 0 Å². The largest absolute Gasteiger partial charge is 0.497 e. The minimum atomic E-state index is -0.674. The number of rotatable bonds is 6. The first-order chi connectivity index (χ1) is 11.1. The van der Waals surface area contributed by atoms with Crippen molar-refractivity contribution >= 4 is 23.0 Å². The van der Waals surface area contributed by atoms with Crippen molar-refractivity contribution in [3.05, 3.63) is 59.7 Å². The Hall–Kier alpha value is -2.21. The first-order valence-electron chi connectivity index (χ1n) is 7.21. The van der Waals surface area contributed by atoms with Gasteiger partial charge in [-0.15, -0.1) is 0 Å². The van der Waals surface area contributed by atoms with Gasteiger partial charge in [0.2, 0.25) is 0 Å². The van der Waals surface area contributed by atoms with Gasteiger partial charge < -0.3 is 15.4 Å². The van der Waals surface area contributed by atoms with E-state index in [1.165, 1.54) is 17.7 Å². The number of benzene rings is 2. The lowest BCUT2D eigenvalue weighted by Crippen LogP contribution is -2.29. The Morgan fingerprint density at radius 1 is 1.13 bits per heavy atom. The summed E-state index contributed by atoms with van der Waals surface area (Å²) in [5.74, 6) is -0.461. The van der Waals surface area contributed by atoms with Crippen molar-refractivity contribution in [1.29, 1.82) is 0 Å². The van der Waals surface area contributed by atoms with E-state index in [1.54, 1.807) is 7.11 Å². The fourth-order valence-electron chi connectivity index (χ4n) is 2.04. The summed E-state index contributed by atoms with van der Waals surface area (Å²) in [4.78, 5) is 0. The Kier molecular flexibility index (Phi) is 6.29. The monoisotopic (exact) mass is 336 g/mol. The van der Waals surface area contributed by atoms with Crippen LogP contribution in [0, 0.1) is 11.6 Å². The van der Waals surface area contributed by atoms with Gasteiger partial charge in [-0.1, -0.05) is 12.1 Å². The zero-order valence-electron chi connectivity index (χ0n) is 12.7. The molecule has 0 heterocycles. The minimum Gasteiger partial charge on any atom is -0.497 e. The van der Waals surface area contributed by atoms with Crippen LogP contribution in [-0.4, -0.2) is 18.8 Å². The first kappa shape index (κ1) is 17.1. The lowest BCUT2D eigenvalue weighted by atomic mass is 10.1. The number of hydrogen-bond donors (Lipinski definition) is 2. The molecule has 0 bridgehead atoms. The van der Waals surface area contributed by atoms with Crippen LogP contribution < -0.4 is 15.4 Å². The third-order valence-corrected chi connectivity index (χ3v) is 3.51. The molecular weight excluding hydrogens is 318 g/mol. The maximum atomic E-state index is 13.5. The smallest absolute Gasteiger partial charge is 0.170 e. The molecule has 23 heavy (non-hydrogen) atoms. The topological polar surface area (TPSA) is 33.3 Å². The maximum absolute atomic E-state index is 13.5. The van der Waals surface area contributed by atoms with Gasteiger partial charge in [0, 0.05) is 12.6 Å². The van der Waals surface area contributed by atoms with Gasteiger partial charge in [-0.05, 0) is 54.9 Å². The number of hydrogen-bond acceptors (Lipinski definition) is 2. The standard InChI is InChI=1S/C17H18F2N2OS/c1-22-14-7-4-12(5-8-14)3-2-10-20-17(23)21-16-9-6-13(18)11-15(16)19/h4-9,11H,2-3,10H2,1H3,(H2,20,21,23). The van der Waals surface area contributed by atoms with Crippen LogP contribution in [0.2, 0.25) is 0 Å². The molecule has 0 aliphatic rings. The summed E-state index contributed by atoms with van der Waals surface area (Å²) in [6, 6.07) is 11.2. The molecule has 3 nitrogen and oxygen atoms in total. The van der Waals surface area contributed by atoms with E-state index in [1.807, 2.05) is 24.3 Å². The molecule has 2 aromatic rings. The average Bonchev–Trinajstić information content (AvgIpc) is 2.55. The summed E-state index contributed by atoms with van der Waals surface area (Å²) in [5.41, 5.74) is 1.36. The van der Waals surface area contributed by atoms with Crippen LogP contribution in [0.15, 0.2) is 42.5 Å². The maximum Gasteiger partial charge on any atom is 0.170 e. The van der Waals surface area contributed by atoms with Crippen molar-refractivity contribution in [1.82, 2.24) is 5.32 Å². The van der Waals surface area contributed by atoms with Crippen LogP contribution in [0.3, 0.4) is 0 Å². The van der Waals surface area contributed by atoms with E-state index < -0.39 is 11.6 Å². The van der Waals surface area contributed by atoms with E-state index >= 15 is 0 Å². The van der Waals surface area contributed by atoms with Gasteiger partial charge >= 0.3 is 0 Å². The Morgan fingerprint density at radius 2 is 1.87 bits per heavy atom. The molecule has 0 spiro atoms. The fraction of sp³-hybridized carbons (Fsp3) is 0.235. The Labute approximate surface area is 139 Å². The minimum absolute atomic E-state index is 0.152. The average molecular weight is 336 g/mol. The highest BCUT2D eigenvalue weighted by atomic mass is 32.1. The first-order valence-corrected chi connectivity index (χ1v) is 7.62. The van der Waals surface area contributed by atoms with E-state index in [0.717, 1.165) is 24.7 Å². The Balaban J connectivity index is 1.72. The van der Waals surface area contributed by atoms with E-state index in [9.17, 15) is 8.78 Å². The van der Waals surface area contributed by atoms with Gasteiger partial charge in [-0.3, -0.25) is 0 Å². The molecule has 2 N–H and O–H groups in total. The van der Waals surface area contributed by atoms with Crippen LogP contribution in [0.5, 0.6) is 5.75 Å². The molecule has 0 saturated carbocycles. The normalized spacial score (nSPS) is 10.2. The van der Waals surface area contributed by atoms with Crippen molar-refractivity contribution in [3.63, 3.8) is 0 Å². The van der Waals surface area contributed by atoms with Gasteiger partial charge in [0.05, 0.1) is 12.8 Å². The molecule has 0 saturated heterocycles. The van der Waals surface area contributed by atoms with Gasteiger partial charge in [-0.25, -0.2) is 8.78 Å². The summed E-state index contributed by atoms with van der Waals surface area (Å²) < 4.78 is 31.4. The lowest BCUT2D eigenvalue weighted by molar-refractivity contribution is 0.414. The SMILES string of the molecule is COc1ccc(CCCNC(=S)Nc2ccc(F)cc2F)cc1. The molecule has 0 unspecified atom stereocenters. The third kappa shape index (κ3) is 5.49. The highest BCUT2D eigenvalue weighted by molar-refractivity contribution is 7.80. The van der Waals surface area contributed by atoms with Crippen LogP contribution in [0.4, 0.5) is 14.5 Å². The second-order valence-corrected chi connectivity index (χ2v) is 5.36. The second kappa shape index (κ2) is 8.43. The molecule has 122 valence electrons. The lowest BCUT2D eigenvalue weighted by Gasteiger charge is -2.11. The molecule has 0 radical (unpaired) electrons. The fourth-order valence-corrected chi connectivity index (χ4v) is 2.26. The van der Waals surface area contributed by atoms with Gasteiger partial charge in [0.15, 0.2) is 5.11 Å². The number of ether oxygens (including phenoxy) is 1. The number of anilines is 1. The Morgan fingerprint density at radius 3 is 2.52 bits per heavy atom. The molecule has 2 aromatic carbocycles. The van der Waals surface area contributed by atoms with Gasteiger partial charge in [0.1, 0.15) is 17.4 Å². The highest BCUT2D eigenvalue weighted by Crippen LogP contribution is 2.15. The van der Waals surface area contributed by atoms with Crippen LogP contribution in [-0.2, 0) is 6.42 Å². The predicted octanol–water partition coefficient (Wildman–Crippen LogP) is 3.89. The molecule has 0 fully saturated rings. The van der Waals surface area contributed by atoms with Crippen molar-refractivity contribution in [2.45, 2.75) is 12.8 Å². The third-order valence-electron chi connectivity index (χ3n) is 3.27. The summed E-state index contributed by atoms with van der Waals surface area (Å²) in [7, 11) is 1.64. The molecule has 0 amide bonds. The molecule has 2 rings (SSSR count). The van der Waals surface area contributed by atoms with Crippen molar-refractivity contribution in [2.75, 3.05) is 19.0 Å². The molecule has 0 aromatic heterocycles. The zero-order valence-corrected chi connectivity index (χ0v) is 13.6. The van der Waals surface area contributed by atoms with Crippen LogP contribution >= 0.6 is 12.2 Å². The van der Waals surface area contributed by atoms with E-state index in [2.05, 4.69) is 10.6 Å². The van der Waals surface area contributed by atoms with Gasteiger partial charge in [-0.2, -0.15) is 0 Å². The number of halogens is 2. The predicted molar refractivity (Wildman–Crippen MR) is 91.9 cm³/mol. The van der Waals surface area contributed by atoms with E-state index in [4.69, 9.17) is 17.0 Å². The molecule has 0 aliphatic heterocycles. The highest BCUT2D eigenvalue weighted by Gasteiger charge is 2.05. The molecular formula is C17H18F2N2OS.